The SMILES string of the molecule is CCN(c1ccccc1)N(CC)c1ccccc1. The number of benzene rings is 2. The van der Waals surface area contributed by atoms with E-state index in [0.29, 0.717) is 0 Å². The number of hydrazine groups is 1. The van der Waals surface area contributed by atoms with Gasteiger partial charge in [0.05, 0.1) is 11.4 Å². The Bertz CT molecular complexity index is 408. The summed E-state index contributed by atoms with van der Waals surface area (Å²) in [6.07, 6.45) is 0. The minimum atomic E-state index is 0.951. The topological polar surface area (TPSA) is 6.48 Å². The Labute approximate surface area is 109 Å². The largest absolute Gasteiger partial charge is 0.286 e. The van der Waals surface area contributed by atoms with Crippen LogP contribution in [0.5, 0.6) is 0 Å². The third-order valence-electron chi connectivity index (χ3n) is 3.00. The van der Waals surface area contributed by atoms with Crippen LogP contribution < -0.4 is 10.0 Å². The molecule has 2 aromatic carbocycles. The molecule has 94 valence electrons. The third-order valence-corrected chi connectivity index (χ3v) is 3.00. The first kappa shape index (κ1) is 12.5. The fourth-order valence-corrected chi connectivity index (χ4v) is 2.19. The van der Waals surface area contributed by atoms with Gasteiger partial charge in [-0.05, 0) is 38.1 Å². The molecule has 2 rings (SSSR count). The lowest BCUT2D eigenvalue weighted by molar-refractivity contribution is 0.754. The minimum absolute atomic E-state index is 0.951. The first-order chi connectivity index (χ1) is 8.86. The van der Waals surface area contributed by atoms with Crippen molar-refractivity contribution in [2.45, 2.75) is 13.8 Å². The van der Waals surface area contributed by atoms with Crippen LogP contribution in [0, 0.1) is 0 Å². The molecule has 2 nitrogen and oxygen atoms in total. The van der Waals surface area contributed by atoms with E-state index in [1.807, 2.05) is 0 Å². The summed E-state index contributed by atoms with van der Waals surface area (Å²) in [6.45, 7) is 6.26. The zero-order chi connectivity index (χ0) is 12.8. The summed E-state index contributed by atoms with van der Waals surface area (Å²) in [7, 11) is 0. The number of anilines is 2. The molecule has 0 saturated carbocycles. The molecular weight excluding hydrogens is 220 g/mol. The predicted molar refractivity (Wildman–Crippen MR) is 78.9 cm³/mol. The van der Waals surface area contributed by atoms with Gasteiger partial charge in [0.25, 0.3) is 0 Å². The highest BCUT2D eigenvalue weighted by Gasteiger charge is 2.12. The molecule has 0 spiro atoms. The summed E-state index contributed by atoms with van der Waals surface area (Å²) in [5.41, 5.74) is 2.46. The Morgan fingerprint density at radius 1 is 0.611 bits per heavy atom. The molecule has 2 heteroatoms. The highest BCUT2D eigenvalue weighted by atomic mass is 15.6. The van der Waals surface area contributed by atoms with E-state index in [1.54, 1.807) is 0 Å². The smallest absolute Gasteiger partial charge is 0.0574 e. The molecule has 0 amide bonds. The van der Waals surface area contributed by atoms with Crippen molar-refractivity contribution in [2.24, 2.45) is 0 Å². The number of rotatable bonds is 5. The molecule has 0 atom stereocenters. The van der Waals surface area contributed by atoms with Crippen LogP contribution in [0.15, 0.2) is 60.7 Å². The lowest BCUT2D eigenvalue weighted by atomic mass is 10.3. The first-order valence-corrected chi connectivity index (χ1v) is 6.52. The second-order valence-corrected chi connectivity index (χ2v) is 4.10. The van der Waals surface area contributed by atoms with E-state index in [1.165, 1.54) is 11.4 Å². The van der Waals surface area contributed by atoms with Gasteiger partial charge in [0.2, 0.25) is 0 Å². The van der Waals surface area contributed by atoms with Crippen LogP contribution in [0.3, 0.4) is 0 Å². The Balaban J connectivity index is 2.31. The Morgan fingerprint density at radius 3 is 1.22 bits per heavy atom. The van der Waals surface area contributed by atoms with Crippen LogP contribution >= 0.6 is 0 Å². The van der Waals surface area contributed by atoms with E-state index in [4.69, 9.17) is 0 Å². The van der Waals surface area contributed by atoms with Crippen molar-refractivity contribution < 1.29 is 0 Å². The van der Waals surface area contributed by atoms with Gasteiger partial charge in [-0.15, -0.1) is 0 Å². The highest BCUT2D eigenvalue weighted by Crippen LogP contribution is 2.21. The van der Waals surface area contributed by atoms with Crippen LogP contribution in [0.2, 0.25) is 0 Å². The van der Waals surface area contributed by atoms with Crippen molar-refractivity contribution in [3.05, 3.63) is 60.7 Å². The van der Waals surface area contributed by atoms with Crippen molar-refractivity contribution in [3.63, 3.8) is 0 Å². The summed E-state index contributed by atoms with van der Waals surface area (Å²) in [5, 5.41) is 4.60. The third kappa shape index (κ3) is 2.65. The van der Waals surface area contributed by atoms with E-state index < -0.39 is 0 Å². The normalized spacial score (nSPS) is 10.1. The first-order valence-electron chi connectivity index (χ1n) is 6.52. The Kier molecular flexibility index (Phi) is 4.24. The van der Waals surface area contributed by atoms with Crippen molar-refractivity contribution in [1.29, 1.82) is 0 Å². The van der Waals surface area contributed by atoms with Crippen LogP contribution in [0.25, 0.3) is 0 Å². The van der Waals surface area contributed by atoms with Crippen LogP contribution in [0.4, 0.5) is 11.4 Å². The zero-order valence-electron chi connectivity index (χ0n) is 11.1. The molecule has 0 aliphatic rings. The Hall–Kier alpha value is -1.96. The van der Waals surface area contributed by atoms with Gasteiger partial charge in [-0.1, -0.05) is 36.4 Å². The Morgan fingerprint density at radius 2 is 0.944 bits per heavy atom. The molecule has 0 aromatic heterocycles. The lowest BCUT2D eigenvalue weighted by Gasteiger charge is -2.37. The van der Waals surface area contributed by atoms with Gasteiger partial charge in [-0.25, -0.2) is 0 Å². The van der Waals surface area contributed by atoms with Crippen molar-refractivity contribution in [1.82, 2.24) is 0 Å². The van der Waals surface area contributed by atoms with Gasteiger partial charge in [0.1, 0.15) is 0 Å². The van der Waals surface area contributed by atoms with E-state index in [0.717, 1.165) is 13.1 Å². The molecule has 0 fully saturated rings. The number of para-hydroxylation sites is 2. The maximum atomic E-state index is 2.30. The molecule has 0 aliphatic carbocycles. The zero-order valence-corrected chi connectivity index (χ0v) is 11.1. The van der Waals surface area contributed by atoms with Gasteiger partial charge in [-0.3, -0.25) is 10.0 Å². The second-order valence-electron chi connectivity index (χ2n) is 4.10. The molecule has 0 heterocycles. The molecular formula is C16H20N2. The molecule has 18 heavy (non-hydrogen) atoms. The lowest BCUT2D eigenvalue weighted by Crippen LogP contribution is -2.42. The van der Waals surface area contributed by atoms with Gasteiger partial charge in [0.15, 0.2) is 0 Å². The average molecular weight is 240 g/mol. The van der Waals surface area contributed by atoms with Gasteiger partial charge in [0, 0.05) is 13.1 Å². The fourth-order valence-electron chi connectivity index (χ4n) is 2.19. The van der Waals surface area contributed by atoms with Crippen LogP contribution in [-0.2, 0) is 0 Å². The summed E-state index contributed by atoms with van der Waals surface area (Å²) < 4.78 is 0. The van der Waals surface area contributed by atoms with Crippen molar-refractivity contribution in [2.75, 3.05) is 23.1 Å². The number of hydrogen-bond acceptors (Lipinski definition) is 2. The molecule has 2 aromatic rings. The fraction of sp³-hybridized carbons (Fsp3) is 0.250. The van der Waals surface area contributed by atoms with Crippen LogP contribution in [0.1, 0.15) is 13.8 Å². The maximum Gasteiger partial charge on any atom is 0.0574 e. The van der Waals surface area contributed by atoms with Crippen LogP contribution in [-0.4, -0.2) is 13.1 Å². The van der Waals surface area contributed by atoms with E-state index in [-0.39, 0.29) is 0 Å². The number of nitrogens with zero attached hydrogens (tertiary/aromatic N) is 2. The summed E-state index contributed by atoms with van der Waals surface area (Å²) in [4.78, 5) is 0. The van der Waals surface area contributed by atoms with Gasteiger partial charge in [-0.2, -0.15) is 0 Å². The molecule has 0 N–H and O–H groups in total. The van der Waals surface area contributed by atoms with Gasteiger partial charge >= 0.3 is 0 Å². The molecule has 0 radical (unpaired) electrons. The van der Waals surface area contributed by atoms with Crippen molar-refractivity contribution in [3.8, 4) is 0 Å². The van der Waals surface area contributed by atoms with E-state index in [9.17, 15) is 0 Å². The van der Waals surface area contributed by atoms with E-state index in [2.05, 4.69) is 84.5 Å². The van der Waals surface area contributed by atoms with Gasteiger partial charge < -0.3 is 0 Å². The van der Waals surface area contributed by atoms with E-state index >= 15 is 0 Å². The maximum absolute atomic E-state index is 2.30. The van der Waals surface area contributed by atoms with Crippen molar-refractivity contribution >= 4 is 11.4 Å². The standard InChI is InChI=1S/C16H20N2/c1-3-17(15-11-7-5-8-12-15)18(4-2)16-13-9-6-10-14-16/h5-14H,3-4H2,1-2H3. The summed E-state index contributed by atoms with van der Waals surface area (Å²) in [5.74, 6) is 0. The quantitative estimate of drug-likeness (QED) is 0.730. The minimum Gasteiger partial charge on any atom is -0.286 e. The molecule has 0 unspecified atom stereocenters. The summed E-state index contributed by atoms with van der Waals surface area (Å²) in [6, 6.07) is 21.0. The second kappa shape index (κ2) is 6.10. The molecule has 0 saturated heterocycles. The number of hydrogen-bond donors (Lipinski definition) is 0. The monoisotopic (exact) mass is 240 g/mol. The average Bonchev–Trinajstić information content (AvgIpc) is 2.46. The molecule has 0 bridgehead atoms. The summed E-state index contributed by atoms with van der Waals surface area (Å²) >= 11 is 0. The molecule has 0 aliphatic heterocycles. The predicted octanol–water partition coefficient (Wildman–Crippen LogP) is 3.95. The highest BCUT2D eigenvalue weighted by molar-refractivity contribution is 5.57.